The zero-order valence-corrected chi connectivity index (χ0v) is 12.9. The molecule has 2 aromatic rings. The maximum atomic E-state index is 12.2. The van der Waals surface area contributed by atoms with Crippen LogP contribution in [0.25, 0.3) is 11.4 Å². The van der Waals surface area contributed by atoms with Crippen molar-refractivity contribution < 1.29 is 4.79 Å². The van der Waals surface area contributed by atoms with Crippen LogP contribution in [-0.4, -0.2) is 33.7 Å². The third-order valence-corrected chi connectivity index (χ3v) is 3.96. The predicted octanol–water partition coefficient (Wildman–Crippen LogP) is 2.17. The fourth-order valence-corrected chi connectivity index (χ4v) is 2.72. The number of carbonyl (C=O) groups is 1. The van der Waals surface area contributed by atoms with E-state index in [0.717, 1.165) is 42.0 Å². The lowest BCUT2D eigenvalue weighted by Crippen LogP contribution is -2.27. The van der Waals surface area contributed by atoms with Crippen LogP contribution in [0.15, 0.2) is 18.2 Å². The average molecular weight is 299 g/mol. The zero-order valence-electron chi connectivity index (χ0n) is 12.9. The van der Waals surface area contributed by atoms with E-state index in [4.69, 9.17) is 0 Å². The number of nitrogens with zero attached hydrogens (tertiary/aromatic N) is 2. The third-order valence-electron chi connectivity index (χ3n) is 3.96. The zero-order chi connectivity index (χ0) is 15.5. The fourth-order valence-electron chi connectivity index (χ4n) is 2.72. The molecule has 3 rings (SSSR count). The summed E-state index contributed by atoms with van der Waals surface area (Å²) in [4.78, 5) is 16.5. The molecule has 1 aliphatic rings. The first-order chi connectivity index (χ1) is 10.6. The van der Waals surface area contributed by atoms with Gasteiger partial charge in [-0.15, -0.1) is 0 Å². The van der Waals surface area contributed by atoms with Crippen molar-refractivity contribution in [3.63, 3.8) is 0 Å². The molecule has 1 aliphatic heterocycles. The van der Waals surface area contributed by atoms with Crippen LogP contribution in [0.1, 0.15) is 30.7 Å². The van der Waals surface area contributed by atoms with Gasteiger partial charge in [-0.05, 0) is 44.9 Å². The summed E-state index contributed by atoms with van der Waals surface area (Å²) in [6.07, 6.45) is 2.74. The molecule has 0 unspecified atom stereocenters. The molecule has 1 fully saturated rings. The van der Waals surface area contributed by atoms with Gasteiger partial charge in [0.25, 0.3) is 0 Å². The molecule has 1 atom stereocenters. The largest absolute Gasteiger partial charge is 0.326 e. The van der Waals surface area contributed by atoms with Crippen LogP contribution in [0.3, 0.4) is 0 Å². The number of rotatable bonds is 4. The number of hydrogen-bond acceptors (Lipinski definition) is 4. The van der Waals surface area contributed by atoms with Crippen LogP contribution >= 0.6 is 0 Å². The molecule has 0 radical (unpaired) electrons. The number of carbonyl (C=O) groups excluding carboxylic acids is 1. The van der Waals surface area contributed by atoms with E-state index in [1.807, 2.05) is 32.0 Å². The van der Waals surface area contributed by atoms with E-state index in [9.17, 15) is 4.79 Å². The number of anilines is 1. The van der Waals surface area contributed by atoms with E-state index in [-0.39, 0.29) is 5.91 Å². The second-order valence-corrected chi connectivity index (χ2v) is 5.82. The molecule has 1 aromatic carbocycles. The Kier molecular flexibility index (Phi) is 4.20. The summed E-state index contributed by atoms with van der Waals surface area (Å²) in [6.45, 7) is 4.86. The lowest BCUT2D eigenvalue weighted by molar-refractivity contribution is -0.116. The lowest BCUT2D eigenvalue weighted by Gasteiger charge is -2.12. The molecule has 3 N–H and O–H groups in total. The Balaban J connectivity index is 1.73. The summed E-state index contributed by atoms with van der Waals surface area (Å²) in [7, 11) is 0. The van der Waals surface area contributed by atoms with E-state index < -0.39 is 0 Å². The Morgan fingerprint density at radius 2 is 2.27 bits per heavy atom. The molecule has 116 valence electrons. The van der Waals surface area contributed by atoms with Gasteiger partial charge in [-0.3, -0.25) is 9.89 Å². The maximum absolute atomic E-state index is 12.2. The van der Waals surface area contributed by atoms with Crippen molar-refractivity contribution in [2.75, 3.05) is 11.9 Å². The van der Waals surface area contributed by atoms with Crippen molar-refractivity contribution >= 4 is 11.6 Å². The standard InChI is InChI=1S/C16H21N5O/c1-10-5-6-12(16-18-11(2)20-21-16)8-14(10)19-15(22)9-13-4-3-7-17-13/h5-6,8,13,17H,3-4,7,9H2,1-2H3,(H,19,22)(H,18,20,21)/t13-/m1/s1. The quantitative estimate of drug-likeness (QED) is 0.808. The SMILES string of the molecule is Cc1nc(-c2ccc(C)c(NC(=O)C[C@H]3CCCN3)c2)n[nH]1. The molecule has 2 heterocycles. The van der Waals surface area contributed by atoms with Crippen molar-refractivity contribution in [2.45, 2.75) is 39.2 Å². The number of hydrogen-bond donors (Lipinski definition) is 3. The van der Waals surface area contributed by atoms with Crippen molar-refractivity contribution in [3.05, 3.63) is 29.6 Å². The molecular weight excluding hydrogens is 278 g/mol. The summed E-state index contributed by atoms with van der Waals surface area (Å²) < 4.78 is 0. The van der Waals surface area contributed by atoms with Gasteiger partial charge >= 0.3 is 0 Å². The highest BCUT2D eigenvalue weighted by molar-refractivity contribution is 5.92. The molecule has 0 saturated carbocycles. The number of H-pyrrole nitrogens is 1. The van der Waals surface area contributed by atoms with Crippen LogP contribution in [0, 0.1) is 13.8 Å². The van der Waals surface area contributed by atoms with Gasteiger partial charge in [0.05, 0.1) is 0 Å². The molecule has 0 spiro atoms. The first-order valence-electron chi connectivity index (χ1n) is 7.65. The smallest absolute Gasteiger partial charge is 0.225 e. The minimum Gasteiger partial charge on any atom is -0.326 e. The molecule has 6 heteroatoms. The monoisotopic (exact) mass is 299 g/mol. The van der Waals surface area contributed by atoms with Gasteiger partial charge in [-0.25, -0.2) is 4.98 Å². The van der Waals surface area contributed by atoms with Crippen molar-refractivity contribution in [3.8, 4) is 11.4 Å². The van der Waals surface area contributed by atoms with Crippen molar-refractivity contribution in [1.82, 2.24) is 20.5 Å². The van der Waals surface area contributed by atoms with Gasteiger partial charge in [0.15, 0.2) is 5.82 Å². The molecular formula is C16H21N5O. The molecule has 1 saturated heterocycles. The van der Waals surface area contributed by atoms with Gasteiger partial charge in [0.2, 0.25) is 5.91 Å². The van der Waals surface area contributed by atoms with Crippen LogP contribution in [0.2, 0.25) is 0 Å². The van der Waals surface area contributed by atoms with Gasteiger partial charge in [-0.2, -0.15) is 5.10 Å². The molecule has 6 nitrogen and oxygen atoms in total. The highest BCUT2D eigenvalue weighted by atomic mass is 16.1. The number of amides is 1. The first-order valence-corrected chi connectivity index (χ1v) is 7.65. The topological polar surface area (TPSA) is 82.7 Å². The van der Waals surface area contributed by atoms with Crippen molar-refractivity contribution in [2.24, 2.45) is 0 Å². The van der Waals surface area contributed by atoms with Crippen LogP contribution in [-0.2, 0) is 4.79 Å². The minimum absolute atomic E-state index is 0.0471. The summed E-state index contributed by atoms with van der Waals surface area (Å²) >= 11 is 0. The van der Waals surface area contributed by atoms with Gasteiger partial charge in [0, 0.05) is 23.7 Å². The van der Waals surface area contributed by atoms with Crippen LogP contribution in [0.4, 0.5) is 5.69 Å². The highest BCUT2D eigenvalue weighted by Gasteiger charge is 2.18. The summed E-state index contributed by atoms with van der Waals surface area (Å²) in [5.74, 6) is 1.46. The number of nitrogens with one attached hydrogen (secondary N) is 3. The van der Waals surface area contributed by atoms with Gasteiger partial charge in [-0.1, -0.05) is 12.1 Å². The molecule has 1 amide bonds. The Morgan fingerprint density at radius 1 is 1.41 bits per heavy atom. The van der Waals surface area contributed by atoms with E-state index in [0.29, 0.717) is 18.3 Å². The first kappa shape index (κ1) is 14.7. The van der Waals surface area contributed by atoms with Gasteiger partial charge < -0.3 is 10.6 Å². The molecule has 22 heavy (non-hydrogen) atoms. The lowest BCUT2D eigenvalue weighted by atomic mass is 10.1. The van der Waals surface area contributed by atoms with Gasteiger partial charge in [0.1, 0.15) is 5.82 Å². The number of aryl methyl sites for hydroxylation is 2. The third kappa shape index (κ3) is 3.33. The Bertz CT molecular complexity index is 673. The molecule has 1 aromatic heterocycles. The van der Waals surface area contributed by atoms with E-state index in [1.54, 1.807) is 0 Å². The summed E-state index contributed by atoms with van der Waals surface area (Å²) in [5.41, 5.74) is 2.75. The second-order valence-electron chi connectivity index (χ2n) is 5.82. The fraction of sp³-hybridized carbons (Fsp3) is 0.438. The van der Waals surface area contributed by atoms with E-state index in [1.165, 1.54) is 0 Å². The highest BCUT2D eigenvalue weighted by Crippen LogP contribution is 2.23. The molecule has 0 bridgehead atoms. The van der Waals surface area contributed by atoms with E-state index in [2.05, 4.69) is 25.8 Å². The summed E-state index contributed by atoms with van der Waals surface area (Å²) in [6, 6.07) is 6.17. The van der Waals surface area contributed by atoms with Crippen molar-refractivity contribution in [1.29, 1.82) is 0 Å². The van der Waals surface area contributed by atoms with E-state index >= 15 is 0 Å². The average Bonchev–Trinajstić information content (AvgIpc) is 3.13. The Morgan fingerprint density at radius 3 is 2.95 bits per heavy atom. The Hall–Kier alpha value is -2.21. The summed E-state index contributed by atoms with van der Waals surface area (Å²) in [5, 5.41) is 13.3. The predicted molar refractivity (Wildman–Crippen MR) is 85.6 cm³/mol. The van der Waals surface area contributed by atoms with Crippen LogP contribution < -0.4 is 10.6 Å². The minimum atomic E-state index is 0.0471. The number of aromatic nitrogens is 3. The Labute approximate surface area is 129 Å². The van der Waals surface area contributed by atoms with Crippen LogP contribution in [0.5, 0.6) is 0 Å². The number of aromatic amines is 1. The second kappa shape index (κ2) is 6.27. The maximum Gasteiger partial charge on any atom is 0.225 e. The molecule has 0 aliphatic carbocycles. The normalized spacial score (nSPS) is 17.6. The number of benzene rings is 1.